The third-order valence-electron chi connectivity index (χ3n) is 3.82. The molecule has 2 rings (SSSR count). The number of carbonyl (C=O) groups is 1. The molecule has 0 spiro atoms. The Hall–Kier alpha value is -1.81. The molecule has 1 aromatic heterocycles. The summed E-state index contributed by atoms with van der Waals surface area (Å²) in [6, 6.07) is 8.18. The van der Waals surface area contributed by atoms with Crippen molar-refractivity contribution in [2.24, 2.45) is 7.05 Å². The maximum atomic E-state index is 12.3. The topological polar surface area (TPSA) is 43.3 Å². The monoisotopic (exact) mass is 302 g/mol. The van der Waals surface area contributed by atoms with E-state index in [1.54, 1.807) is 0 Å². The van der Waals surface area contributed by atoms with Gasteiger partial charge in [-0.15, -0.1) is 0 Å². The van der Waals surface area contributed by atoms with Crippen LogP contribution < -0.4 is 5.32 Å². The van der Waals surface area contributed by atoms with E-state index < -0.39 is 0 Å². The van der Waals surface area contributed by atoms with Crippen molar-refractivity contribution < 1.29 is 9.53 Å². The summed E-state index contributed by atoms with van der Waals surface area (Å²) in [5, 5.41) is 4.07. The van der Waals surface area contributed by atoms with Gasteiger partial charge in [0.15, 0.2) is 0 Å². The van der Waals surface area contributed by atoms with Gasteiger partial charge in [-0.3, -0.25) is 4.79 Å². The van der Waals surface area contributed by atoms with E-state index in [9.17, 15) is 4.79 Å². The van der Waals surface area contributed by atoms with Crippen molar-refractivity contribution in [1.82, 2.24) is 9.88 Å². The number of benzene rings is 1. The zero-order valence-electron chi connectivity index (χ0n) is 13.8. The summed E-state index contributed by atoms with van der Waals surface area (Å²) in [5.41, 5.74) is 2.99. The third kappa shape index (κ3) is 4.10. The summed E-state index contributed by atoms with van der Waals surface area (Å²) in [6.07, 6.45) is 3.09. The summed E-state index contributed by atoms with van der Waals surface area (Å²) < 4.78 is 7.44. The molecule has 0 radical (unpaired) electrons. The van der Waals surface area contributed by atoms with Gasteiger partial charge in [0.05, 0.1) is 0 Å². The molecule has 4 heteroatoms. The molecule has 0 aliphatic carbocycles. The number of rotatable bonds is 8. The summed E-state index contributed by atoms with van der Waals surface area (Å²) in [4.78, 5) is 12.3. The molecule has 0 aliphatic rings. The number of unbranched alkanes of at least 4 members (excludes halogenated alkanes) is 1. The standard InChI is InChI=1S/C18H26N2O2/c1-4-5-10-22-11-6-9-19-18(21)17-13-15-12-14(2)7-8-16(15)20(17)3/h7-8,12-13H,4-6,9-11H2,1-3H3,(H,19,21). The normalized spacial score (nSPS) is 11.0. The second kappa shape index (κ2) is 7.99. The van der Waals surface area contributed by atoms with E-state index in [-0.39, 0.29) is 5.91 Å². The van der Waals surface area contributed by atoms with Crippen molar-refractivity contribution >= 4 is 16.8 Å². The Morgan fingerprint density at radius 3 is 2.77 bits per heavy atom. The molecule has 2 aromatic rings. The molecule has 0 bridgehead atoms. The van der Waals surface area contributed by atoms with Crippen LogP contribution in [-0.4, -0.2) is 30.2 Å². The lowest BCUT2D eigenvalue weighted by Crippen LogP contribution is -2.27. The van der Waals surface area contributed by atoms with Crippen LogP contribution in [0.25, 0.3) is 10.9 Å². The largest absolute Gasteiger partial charge is 0.381 e. The Balaban J connectivity index is 1.86. The quantitative estimate of drug-likeness (QED) is 0.759. The molecule has 0 saturated heterocycles. The number of hydrogen-bond acceptors (Lipinski definition) is 2. The lowest BCUT2D eigenvalue weighted by atomic mass is 10.2. The molecular weight excluding hydrogens is 276 g/mol. The maximum absolute atomic E-state index is 12.3. The van der Waals surface area contributed by atoms with E-state index in [1.807, 2.05) is 17.7 Å². The third-order valence-corrected chi connectivity index (χ3v) is 3.82. The summed E-state index contributed by atoms with van der Waals surface area (Å²) >= 11 is 0. The molecule has 1 aromatic carbocycles. The van der Waals surface area contributed by atoms with E-state index in [4.69, 9.17) is 4.74 Å². The van der Waals surface area contributed by atoms with Gasteiger partial charge in [-0.2, -0.15) is 0 Å². The minimum atomic E-state index is -0.0232. The van der Waals surface area contributed by atoms with Crippen molar-refractivity contribution in [3.05, 3.63) is 35.5 Å². The van der Waals surface area contributed by atoms with Gasteiger partial charge in [-0.05, 0) is 38.0 Å². The molecule has 0 atom stereocenters. The minimum absolute atomic E-state index is 0.0232. The van der Waals surface area contributed by atoms with Gasteiger partial charge < -0.3 is 14.6 Å². The molecule has 1 N–H and O–H groups in total. The first kappa shape index (κ1) is 16.6. The summed E-state index contributed by atoms with van der Waals surface area (Å²) in [5.74, 6) is -0.0232. The second-order valence-corrected chi connectivity index (χ2v) is 5.73. The SMILES string of the molecule is CCCCOCCCNC(=O)c1cc2cc(C)ccc2n1C. The first-order chi connectivity index (χ1) is 10.6. The Morgan fingerprint density at radius 2 is 2.00 bits per heavy atom. The molecule has 1 amide bonds. The zero-order valence-corrected chi connectivity index (χ0v) is 13.8. The molecular formula is C18H26N2O2. The molecule has 120 valence electrons. The first-order valence-electron chi connectivity index (χ1n) is 8.05. The number of nitrogens with one attached hydrogen (secondary N) is 1. The molecule has 0 aliphatic heterocycles. The number of hydrogen-bond donors (Lipinski definition) is 1. The van der Waals surface area contributed by atoms with Gasteiger partial charge in [0.25, 0.3) is 5.91 Å². The van der Waals surface area contributed by atoms with E-state index in [2.05, 4.69) is 37.4 Å². The lowest BCUT2D eigenvalue weighted by molar-refractivity contribution is 0.0933. The van der Waals surface area contributed by atoms with Gasteiger partial charge in [0.1, 0.15) is 5.69 Å². The fourth-order valence-corrected chi connectivity index (χ4v) is 2.50. The average molecular weight is 302 g/mol. The second-order valence-electron chi connectivity index (χ2n) is 5.73. The van der Waals surface area contributed by atoms with Gasteiger partial charge in [0, 0.05) is 37.7 Å². The number of ether oxygens (including phenoxy) is 1. The Bertz CT molecular complexity index is 631. The van der Waals surface area contributed by atoms with E-state index >= 15 is 0 Å². The van der Waals surface area contributed by atoms with Crippen LogP contribution in [0.4, 0.5) is 0 Å². The smallest absolute Gasteiger partial charge is 0.267 e. The molecule has 0 saturated carbocycles. The van der Waals surface area contributed by atoms with Crippen LogP contribution >= 0.6 is 0 Å². The summed E-state index contributed by atoms with van der Waals surface area (Å²) in [7, 11) is 1.93. The molecule has 0 fully saturated rings. The predicted molar refractivity (Wildman–Crippen MR) is 90.3 cm³/mol. The van der Waals surface area contributed by atoms with Gasteiger partial charge >= 0.3 is 0 Å². The molecule has 4 nitrogen and oxygen atoms in total. The van der Waals surface area contributed by atoms with Gasteiger partial charge in [-0.1, -0.05) is 25.0 Å². The van der Waals surface area contributed by atoms with Crippen LogP contribution in [0.15, 0.2) is 24.3 Å². The zero-order chi connectivity index (χ0) is 15.9. The van der Waals surface area contributed by atoms with Crippen LogP contribution in [0.3, 0.4) is 0 Å². The Morgan fingerprint density at radius 1 is 1.23 bits per heavy atom. The molecule has 1 heterocycles. The fraction of sp³-hybridized carbons (Fsp3) is 0.500. The van der Waals surface area contributed by atoms with Crippen LogP contribution in [0.2, 0.25) is 0 Å². The highest BCUT2D eigenvalue weighted by molar-refractivity contribution is 5.98. The fourth-order valence-electron chi connectivity index (χ4n) is 2.50. The van der Waals surface area contributed by atoms with E-state index in [0.717, 1.165) is 36.8 Å². The molecule has 0 unspecified atom stereocenters. The van der Waals surface area contributed by atoms with Crippen molar-refractivity contribution in [2.45, 2.75) is 33.1 Å². The number of aromatic nitrogens is 1. The first-order valence-corrected chi connectivity index (χ1v) is 8.05. The highest BCUT2D eigenvalue weighted by atomic mass is 16.5. The minimum Gasteiger partial charge on any atom is -0.381 e. The Labute approximate surface area is 132 Å². The van der Waals surface area contributed by atoms with Crippen LogP contribution in [0.5, 0.6) is 0 Å². The maximum Gasteiger partial charge on any atom is 0.267 e. The average Bonchev–Trinajstić information content (AvgIpc) is 2.82. The highest BCUT2D eigenvalue weighted by Crippen LogP contribution is 2.20. The number of fused-ring (bicyclic) bond motifs is 1. The van der Waals surface area contributed by atoms with Crippen LogP contribution in [0.1, 0.15) is 42.2 Å². The number of amides is 1. The lowest BCUT2D eigenvalue weighted by Gasteiger charge is -2.07. The van der Waals surface area contributed by atoms with E-state index in [1.165, 1.54) is 5.56 Å². The van der Waals surface area contributed by atoms with Crippen molar-refractivity contribution in [3.63, 3.8) is 0 Å². The van der Waals surface area contributed by atoms with Crippen molar-refractivity contribution in [3.8, 4) is 0 Å². The van der Waals surface area contributed by atoms with Gasteiger partial charge in [-0.25, -0.2) is 0 Å². The molecule has 22 heavy (non-hydrogen) atoms. The number of nitrogens with zero attached hydrogens (tertiary/aromatic N) is 1. The summed E-state index contributed by atoms with van der Waals surface area (Å²) in [6.45, 7) is 6.37. The number of aryl methyl sites for hydroxylation is 2. The van der Waals surface area contributed by atoms with Crippen LogP contribution in [0, 0.1) is 6.92 Å². The highest BCUT2D eigenvalue weighted by Gasteiger charge is 2.12. The van der Waals surface area contributed by atoms with Crippen LogP contribution in [-0.2, 0) is 11.8 Å². The van der Waals surface area contributed by atoms with Gasteiger partial charge in [0.2, 0.25) is 0 Å². The van der Waals surface area contributed by atoms with Crippen molar-refractivity contribution in [1.29, 1.82) is 0 Å². The predicted octanol–water partition coefficient (Wildman–Crippen LogP) is 3.42. The Kier molecular flexibility index (Phi) is 6.01. The number of carbonyl (C=O) groups excluding carboxylic acids is 1. The van der Waals surface area contributed by atoms with Crippen molar-refractivity contribution in [2.75, 3.05) is 19.8 Å². The van der Waals surface area contributed by atoms with E-state index in [0.29, 0.717) is 18.8 Å².